The number of methoxy groups -OCH3 is 2. The first-order valence-electron chi connectivity index (χ1n) is 6.10. The van der Waals surface area contributed by atoms with Crippen molar-refractivity contribution in [3.05, 3.63) is 23.8 Å². The Labute approximate surface area is 108 Å². The van der Waals surface area contributed by atoms with E-state index < -0.39 is 5.97 Å². The summed E-state index contributed by atoms with van der Waals surface area (Å²) in [6.45, 7) is 0. The average molecular weight is 252 g/mol. The third-order valence-corrected chi connectivity index (χ3v) is 2.83. The Morgan fingerprint density at radius 2 is 1.94 bits per heavy atom. The van der Waals surface area contributed by atoms with Gasteiger partial charge in [-0.1, -0.05) is 12.5 Å². The number of hydrogen-bond donors (Lipinski definition) is 1. The van der Waals surface area contributed by atoms with E-state index in [2.05, 4.69) is 0 Å². The Kier molecular flexibility index (Phi) is 6.05. The largest absolute Gasteiger partial charge is 0.497 e. The highest BCUT2D eigenvalue weighted by Crippen LogP contribution is 2.26. The zero-order valence-electron chi connectivity index (χ0n) is 10.9. The Morgan fingerprint density at radius 1 is 1.17 bits per heavy atom. The molecule has 0 saturated heterocycles. The van der Waals surface area contributed by atoms with Crippen LogP contribution >= 0.6 is 0 Å². The lowest BCUT2D eigenvalue weighted by Crippen LogP contribution is -1.96. The number of carboxylic acid groups (broad SMARTS) is 1. The number of aryl methyl sites for hydroxylation is 1. The van der Waals surface area contributed by atoms with E-state index in [1.165, 1.54) is 0 Å². The van der Waals surface area contributed by atoms with E-state index >= 15 is 0 Å². The topological polar surface area (TPSA) is 55.8 Å². The maximum Gasteiger partial charge on any atom is 0.303 e. The number of carboxylic acids is 1. The molecular weight excluding hydrogens is 232 g/mol. The maximum absolute atomic E-state index is 10.4. The number of hydrogen-bond acceptors (Lipinski definition) is 3. The molecule has 0 aliphatic rings. The monoisotopic (exact) mass is 252 g/mol. The van der Waals surface area contributed by atoms with Gasteiger partial charge in [0.1, 0.15) is 11.5 Å². The fourth-order valence-corrected chi connectivity index (χ4v) is 1.83. The van der Waals surface area contributed by atoms with Crippen LogP contribution in [0.25, 0.3) is 0 Å². The van der Waals surface area contributed by atoms with Gasteiger partial charge in [-0.15, -0.1) is 0 Å². The summed E-state index contributed by atoms with van der Waals surface area (Å²) in [6.07, 6.45) is 3.76. The van der Waals surface area contributed by atoms with E-state index in [-0.39, 0.29) is 6.42 Å². The summed E-state index contributed by atoms with van der Waals surface area (Å²) in [5.74, 6) is 0.881. The second-order valence-corrected chi connectivity index (χ2v) is 4.13. The Morgan fingerprint density at radius 3 is 2.56 bits per heavy atom. The summed E-state index contributed by atoms with van der Waals surface area (Å²) in [5, 5.41) is 8.54. The van der Waals surface area contributed by atoms with Gasteiger partial charge in [-0.25, -0.2) is 0 Å². The SMILES string of the molecule is COc1ccc(CCCCCC(=O)O)c(OC)c1. The van der Waals surface area contributed by atoms with E-state index in [9.17, 15) is 4.79 Å². The predicted octanol–water partition coefficient (Wildman–Crippen LogP) is 2.89. The lowest BCUT2D eigenvalue weighted by Gasteiger charge is -2.10. The van der Waals surface area contributed by atoms with Gasteiger partial charge < -0.3 is 14.6 Å². The van der Waals surface area contributed by atoms with Gasteiger partial charge >= 0.3 is 5.97 Å². The summed E-state index contributed by atoms with van der Waals surface area (Å²) < 4.78 is 10.4. The molecule has 4 nitrogen and oxygen atoms in total. The highest BCUT2D eigenvalue weighted by molar-refractivity contribution is 5.66. The molecule has 0 saturated carbocycles. The molecule has 1 rings (SSSR count). The van der Waals surface area contributed by atoms with Gasteiger partial charge in [-0.2, -0.15) is 0 Å². The van der Waals surface area contributed by atoms with Gasteiger partial charge in [-0.05, 0) is 30.9 Å². The normalized spacial score (nSPS) is 10.1. The minimum Gasteiger partial charge on any atom is -0.497 e. The third-order valence-electron chi connectivity index (χ3n) is 2.83. The van der Waals surface area contributed by atoms with Crippen LogP contribution in [-0.4, -0.2) is 25.3 Å². The minimum atomic E-state index is -0.725. The number of carbonyl (C=O) groups is 1. The molecule has 1 aromatic carbocycles. The van der Waals surface area contributed by atoms with Gasteiger partial charge in [-0.3, -0.25) is 4.79 Å². The first kappa shape index (κ1) is 14.4. The van der Waals surface area contributed by atoms with Crippen LogP contribution in [0.3, 0.4) is 0 Å². The molecule has 0 amide bonds. The molecular formula is C14H20O4. The minimum absolute atomic E-state index is 0.250. The van der Waals surface area contributed by atoms with Crippen molar-refractivity contribution in [3.8, 4) is 11.5 Å². The quantitative estimate of drug-likeness (QED) is 0.723. The number of rotatable bonds is 8. The van der Waals surface area contributed by atoms with Crippen LogP contribution in [0.1, 0.15) is 31.2 Å². The van der Waals surface area contributed by atoms with Crippen molar-refractivity contribution in [1.82, 2.24) is 0 Å². The molecule has 0 radical (unpaired) electrons. The zero-order valence-corrected chi connectivity index (χ0v) is 10.9. The summed E-state index contributed by atoms with van der Waals surface area (Å²) in [5.41, 5.74) is 1.13. The van der Waals surface area contributed by atoms with Gasteiger partial charge in [0.2, 0.25) is 0 Å². The number of aliphatic carboxylic acids is 1. The molecule has 0 aliphatic heterocycles. The fourth-order valence-electron chi connectivity index (χ4n) is 1.83. The standard InChI is InChI=1S/C14H20O4/c1-17-12-9-8-11(13(10-12)18-2)6-4-3-5-7-14(15)16/h8-10H,3-7H2,1-2H3,(H,15,16). The van der Waals surface area contributed by atoms with Crippen molar-refractivity contribution in [2.24, 2.45) is 0 Å². The van der Waals surface area contributed by atoms with Crippen LogP contribution in [0.4, 0.5) is 0 Å². The smallest absolute Gasteiger partial charge is 0.303 e. The molecule has 0 heterocycles. The third kappa shape index (κ3) is 4.65. The molecule has 0 fully saturated rings. The van der Waals surface area contributed by atoms with Crippen molar-refractivity contribution in [3.63, 3.8) is 0 Å². The van der Waals surface area contributed by atoms with Crippen molar-refractivity contribution in [2.75, 3.05) is 14.2 Å². The molecule has 0 atom stereocenters. The summed E-state index contributed by atoms with van der Waals surface area (Å²) in [7, 11) is 3.27. The predicted molar refractivity (Wildman–Crippen MR) is 69.4 cm³/mol. The highest BCUT2D eigenvalue weighted by atomic mass is 16.5. The van der Waals surface area contributed by atoms with E-state index in [0.717, 1.165) is 42.7 Å². The van der Waals surface area contributed by atoms with Crippen molar-refractivity contribution < 1.29 is 19.4 Å². The first-order valence-corrected chi connectivity index (χ1v) is 6.10. The molecule has 0 bridgehead atoms. The summed E-state index contributed by atoms with van der Waals surface area (Å²) in [4.78, 5) is 10.4. The molecule has 1 N–H and O–H groups in total. The van der Waals surface area contributed by atoms with Crippen LogP contribution in [0, 0.1) is 0 Å². The number of unbranched alkanes of at least 4 members (excludes halogenated alkanes) is 2. The van der Waals surface area contributed by atoms with Gasteiger partial charge in [0.25, 0.3) is 0 Å². The summed E-state index contributed by atoms with van der Waals surface area (Å²) >= 11 is 0. The lowest BCUT2D eigenvalue weighted by atomic mass is 10.0. The van der Waals surface area contributed by atoms with Crippen molar-refractivity contribution in [2.45, 2.75) is 32.1 Å². The van der Waals surface area contributed by atoms with Gasteiger partial charge in [0, 0.05) is 12.5 Å². The Hall–Kier alpha value is -1.71. The Bertz CT molecular complexity index is 387. The average Bonchev–Trinajstić information content (AvgIpc) is 2.38. The van der Waals surface area contributed by atoms with Gasteiger partial charge in [0.05, 0.1) is 14.2 Å². The van der Waals surface area contributed by atoms with E-state index in [4.69, 9.17) is 14.6 Å². The van der Waals surface area contributed by atoms with E-state index in [0.29, 0.717) is 0 Å². The lowest BCUT2D eigenvalue weighted by molar-refractivity contribution is -0.137. The van der Waals surface area contributed by atoms with Crippen LogP contribution in [-0.2, 0) is 11.2 Å². The van der Waals surface area contributed by atoms with Gasteiger partial charge in [0.15, 0.2) is 0 Å². The van der Waals surface area contributed by atoms with E-state index in [1.807, 2.05) is 18.2 Å². The highest BCUT2D eigenvalue weighted by Gasteiger charge is 2.05. The second kappa shape index (κ2) is 7.58. The van der Waals surface area contributed by atoms with E-state index in [1.54, 1.807) is 14.2 Å². The maximum atomic E-state index is 10.4. The van der Waals surface area contributed by atoms with Crippen LogP contribution < -0.4 is 9.47 Å². The second-order valence-electron chi connectivity index (χ2n) is 4.13. The van der Waals surface area contributed by atoms with Crippen molar-refractivity contribution >= 4 is 5.97 Å². The first-order chi connectivity index (χ1) is 8.67. The van der Waals surface area contributed by atoms with Crippen LogP contribution in [0.5, 0.6) is 11.5 Å². The van der Waals surface area contributed by atoms with Crippen molar-refractivity contribution in [1.29, 1.82) is 0 Å². The molecule has 0 unspecified atom stereocenters. The number of benzene rings is 1. The van der Waals surface area contributed by atoms with Crippen LogP contribution in [0.15, 0.2) is 18.2 Å². The molecule has 18 heavy (non-hydrogen) atoms. The molecule has 1 aromatic rings. The zero-order chi connectivity index (χ0) is 13.4. The van der Waals surface area contributed by atoms with Crippen LogP contribution in [0.2, 0.25) is 0 Å². The molecule has 0 aromatic heterocycles. The molecule has 0 aliphatic carbocycles. The fraction of sp³-hybridized carbons (Fsp3) is 0.500. The number of ether oxygens (including phenoxy) is 2. The molecule has 100 valence electrons. The Balaban J connectivity index is 2.44. The summed E-state index contributed by atoms with van der Waals surface area (Å²) in [6, 6.07) is 5.77. The molecule has 4 heteroatoms. The molecule has 0 spiro atoms.